The Bertz CT molecular complexity index is 1040. The third kappa shape index (κ3) is 5.01. The first kappa shape index (κ1) is 22.7. The fourth-order valence-electron chi connectivity index (χ4n) is 3.75. The smallest absolute Gasteiger partial charge is 0.299 e. The first-order chi connectivity index (χ1) is 14.8. The van der Waals surface area contributed by atoms with Crippen LogP contribution in [0.25, 0.3) is 22.6 Å². The second-order valence-electron chi connectivity index (χ2n) is 7.50. The lowest BCUT2D eigenvalue weighted by molar-refractivity contribution is -0.137. The van der Waals surface area contributed by atoms with Crippen LogP contribution in [0.2, 0.25) is 0 Å². The summed E-state index contributed by atoms with van der Waals surface area (Å²) in [5, 5.41) is 0. The molecule has 0 radical (unpaired) electrons. The summed E-state index contributed by atoms with van der Waals surface area (Å²) in [6.07, 6.45) is -2.62. The molecule has 3 nitrogen and oxygen atoms in total. The van der Waals surface area contributed by atoms with Crippen LogP contribution >= 0.6 is 0 Å². The van der Waals surface area contributed by atoms with E-state index in [1.54, 1.807) is 0 Å². The van der Waals surface area contributed by atoms with Crippen molar-refractivity contribution < 1.29 is 18.0 Å². The quantitative estimate of drug-likeness (QED) is 0.408. The maximum Gasteiger partial charge on any atom is 0.416 e. The first-order valence-corrected chi connectivity index (χ1v) is 10.4. The molecule has 1 unspecified atom stereocenters. The minimum absolute atomic E-state index is 0.0779. The molecule has 0 aliphatic rings. The number of hydrogen-bond donors (Lipinski definition) is 0. The summed E-state index contributed by atoms with van der Waals surface area (Å²) < 4.78 is 39.2. The molecular weight excluding hydrogens is 401 g/mol. The van der Waals surface area contributed by atoms with Crippen molar-refractivity contribution in [3.8, 4) is 22.6 Å². The van der Waals surface area contributed by atoms with E-state index in [0.29, 0.717) is 41.2 Å². The molecule has 1 heterocycles. The Kier molecular flexibility index (Phi) is 6.88. The predicted molar refractivity (Wildman–Crippen MR) is 116 cm³/mol. The molecule has 0 saturated carbocycles. The second kappa shape index (κ2) is 9.41. The summed E-state index contributed by atoms with van der Waals surface area (Å²) >= 11 is 0. The fourth-order valence-corrected chi connectivity index (χ4v) is 3.75. The number of ketones is 1. The molecule has 1 aromatic heterocycles. The van der Waals surface area contributed by atoms with Gasteiger partial charge < -0.3 is 0 Å². The Morgan fingerprint density at radius 1 is 0.935 bits per heavy atom. The number of Topliss-reactive ketones (excluding diaryl/α,β-unsaturated/α-hetero) is 1. The number of hydrogen-bond acceptors (Lipinski definition) is 3. The Hall–Kier alpha value is -3.02. The zero-order valence-electron chi connectivity index (χ0n) is 17.8. The zero-order valence-corrected chi connectivity index (χ0v) is 17.8. The van der Waals surface area contributed by atoms with Crippen molar-refractivity contribution in [2.24, 2.45) is 0 Å². The van der Waals surface area contributed by atoms with Crippen LogP contribution < -0.4 is 0 Å². The fraction of sp³-hybridized carbons (Fsp3) is 0.320. The SMILES string of the molecule is CCCC(C(=O)CC)c1c(C)nc(-c2ccccc2)nc1-c1ccc(C(F)(F)F)cc1. The largest absolute Gasteiger partial charge is 0.416 e. The number of rotatable bonds is 7. The zero-order chi connectivity index (χ0) is 22.6. The number of benzene rings is 2. The summed E-state index contributed by atoms with van der Waals surface area (Å²) in [6.45, 7) is 5.65. The molecule has 0 amide bonds. The van der Waals surface area contributed by atoms with E-state index >= 15 is 0 Å². The van der Waals surface area contributed by atoms with E-state index in [4.69, 9.17) is 4.98 Å². The van der Waals surface area contributed by atoms with Crippen LogP contribution in [0.4, 0.5) is 13.2 Å². The van der Waals surface area contributed by atoms with Gasteiger partial charge in [-0.1, -0.05) is 62.7 Å². The highest BCUT2D eigenvalue weighted by Crippen LogP contribution is 2.37. The monoisotopic (exact) mass is 426 g/mol. The summed E-state index contributed by atoms with van der Waals surface area (Å²) in [4.78, 5) is 22.2. The molecule has 0 saturated heterocycles. The molecule has 0 spiro atoms. The Labute approximate surface area is 180 Å². The van der Waals surface area contributed by atoms with Crippen molar-refractivity contribution in [2.45, 2.75) is 52.1 Å². The molecule has 6 heteroatoms. The first-order valence-electron chi connectivity index (χ1n) is 10.4. The van der Waals surface area contributed by atoms with Crippen LogP contribution in [0.3, 0.4) is 0 Å². The second-order valence-corrected chi connectivity index (χ2v) is 7.50. The number of nitrogens with zero attached hydrogens (tertiary/aromatic N) is 2. The van der Waals surface area contributed by atoms with Crippen molar-refractivity contribution >= 4 is 5.78 Å². The highest BCUT2D eigenvalue weighted by atomic mass is 19.4. The van der Waals surface area contributed by atoms with E-state index in [-0.39, 0.29) is 5.78 Å². The highest BCUT2D eigenvalue weighted by Gasteiger charge is 2.31. The molecule has 3 rings (SSSR count). The van der Waals surface area contributed by atoms with Gasteiger partial charge in [-0.15, -0.1) is 0 Å². The number of aromatic nitrogens is 2. The van der Waals surface area contributed by atoms with Gasteiger partial charge in [0, 0.05) is 34.7 Å². The lowest BCUT2D eigenvalue weighted by atomic mass is 9.85. The van der Waals surface area contributed by atoms with Gasteiger partial charge in [0.1, 0.15) is 5.78 Å². The molecule has 0 N–H and O–H groups in total. The van der Waals surface area contributed by atoms with Crippen LogP contribution in [-0.2, 0) is 11.0 Å². The normalized spacial score (nSPS) is 12.6. The van der Waals surface area contributed by atoms with Gasteiger partial charge in [0.25, 0.3) is 0 Å². The van der Waals surface area contributed by atoms with Gasteiger partial charge in [-0.2, -0.15) is 13.2 Å². The van der Waals surface area contributed by atoms with Crippen molar-refractivity contribution in [3.05, 3.63) is 71.4 Å². The van der Waals surface area contributed by atoms with Gasteiger partial charge >= 0.3 is 6.18 Å². The van der Waals surface area contributed by atoms with Crippen molar-refractivity contribution in [1.29, 1.82) is 0 Å². The maximum absolute atomic E-state index is 13.1. The molecule has 31 heavy (non-hydrogen) atoms. The van der Waals surface area contributed by atoms with Gasteiger partial charge in [0.05, 0.1) is 11.3 Å². The van der Waals surface area contributed by atoms with Crippen molar-refractivity contribution in [1.82, 2.24) is 9.97 Å². The molecular formula is C25H25F3N2O. The lowest BCUT2D eigenvalue weighted by Crippen LogP contribution is -2.16. The van der Waals surface area contributed by atoms with E-state index < -0.39 is 17.7 Å². The molecule has 3 aromatic rings. The van der Waals surface area contributed by atoms with Gasteiger partial charge in [0.15, 0.2) is 5.82 Å². The predicted octanol–water partition coefficient (Wildman–Crippen LogP) is 7.00. The summed E-state index contributed by atoms with van der Waals surface area (Å²) in [7, 11) is 0. The Morgan fingerprint density at radius 2 is 1.58 bits per heavy atom. The summed E-state index contributed by atoms with van der Waals surface area (Å²) in [5.41, 5.74) is 2.51. The highest BCUT2D eigenvalue weighted by molar-refractivity contribution is 5.88. The van der Waals surface area contributed by atoms with E-state index in [1.165, 1.54) is 12.1 Å². The molecule has 0 aliphatic heterocycles. The Morgan fingerprint density at radius 3 is 2.13 bits per heavy atom. The molecule has 0 bridgehead atoms. The number of carbonyl (C=O) groups is 1. The number of halogens is 3. The van der Waals surface area contributed by atoms with Crippen LogP contribution in [0, 0.1) is 6.92 Å². The summed E-state index contributed by atoms with van der Waals surface area (Å²) in [5.74, 6) is 0.169. The van der Waals surface area contributed by atoms with E-state index in [2.05, 4.69) is 4.98 Å². The van der Waals surface area contributed by atoms with Gasteiger partial charge in [-0.3, -0.25) is 4.79 Å². The maximum atomic E-state index is 13.1. The van der Waals surface area contributed by atoms with Crippen LogP contribution in [0.5, 0.6) is 0 Å². The molecule has 1 atom stereocenters. The van der Waals surface area contributed by atoms with Crippen LogP contribution in [0.15, 0.2) is 54.6 Å². The van der Waals surface area contributed by atoms with Gasteiger partial charge in [-0.25, -0.2) is 9.97 Å². The van der Waals surface area contributed by atoms with E-state index in [1.807, 2.05) is 51.1 Å². The topological polar surface area (TPSA) is 42.9 Å². The van der Waals surface area contributed by atoms with E-state index in [9.17, 15) is 18.0 Å². The molecule has 162 valence electrons. The number of alkyl halides is 3. The average Bonchev–Trinajstić information content (AvgIpc) is 2.77. The molecule has 0 fully saturated rings. The minimum atomic E-state index is -4.42. The Balaban J connectivity index is 2.24. The van der Waals surface area contributed by atoms with Crippen LogP contribution in [-0.4, -0.2) is 15.8 Å². The third-order valence-electron chi connectivity index (χ3n) is 5.32. The van der Waals surface area contributed by atoms with Crippen molar-refractivity contribution in [2.75, 3.05) is 0 Å². The number of carbonyl (C=O) groups excluding carboxylic acids is 1. The van der Waals surface area contributed by atoms with Gasteiger partial charge in [0.2, 0.25) is 0 Å². The average molecular weight is 426 g/mol. The summed E-state index contributed by atoms with van der Waals surface area (Å²) in [6, 6.07) is 14.3. The molecule has 2 aromatic carbocycles. The lowest BCUT2D eigenvalue weighted by Gasteiger charge is -2.21. The van der Waals surface area contributed by atoms with Crippen LogP contribution in [0.1, 0.15) is 55.8 Å². The standard InChI is InChI=1S/C25H25F3N2O/c1-4-9-20(21(31)5-2)22-16(3)29-24(18-10-7-6-8-11-18)30-23(22)17-12-14-19(15-13-17)25(26,27)28/h6-8,10-15,20H,4-5,9H2,1-3H3. The minimum Gasteiger partial charge on any atom is -0.299 e. The van der Waals surface area contributed by atoms with Gasteiger partial charge in [-0.05, 0) is 25.5 Å². The van der Waals surface area contributed by atoms with E-state index in [0.717, 1.165) is 24.1 Å². The van der Waals surface area contributed by atoms with Crippen molar-refractivity contribution in [3.63, 3.8) is 0 Å². The third-order valence-corrected chi connectivity index (χ3v) is 5.32. The number of aryl methyl sites for hydroxylation is 1. The molecule has 0 aliphatic carbocycles.